The van der Waals surface area contributed by atoms with Crippen molar-refractivity contribution < 1.29 is 14.0 Å². The third kappa shape index (κ3) is 2.95. The number of hydrogen-bond acceptors (Lipinski definition) is 3. The molecule has 1 aromatic heterocycles. The van der Waals surface area contributed by atoms with Crippen LogP contribution in [0.15, 0.2) is 41.0 Å². The van der Waals surface area contributed by atoms with Crippen molar-refractivity contribution in [2.24, 2.45) is 0 Å². The van der Waals surface area contributed by atoms with Gasteiger partial charge in [-0.2, -0.15) is 0 Å². The number of amides is 2. The third-order valence-corrected chi connectivity index (χ3v) is 5.32. The van der Waals surface area contributed by atoms with Crippen LogP contribution >= 0.6 is 0 Å². The summed E-state index contributed by atoms with van der Waals surface area (Å²) in [4.78, 5) is 26.8. The summed E-state index contributed by atoms with van der Waals surface area (Å²) < 4.78 is 5.50. The first kappa shape index (κ1) is 15.9. The van der Waals surface area contributed by atoms with Gasteiger partial charge in [-0.25, -0.2) is 0 Å². The fourth-order valence-corrected chi connectivity index (χ4v) is 3.99. The zero-order valence-corrected chi connectivity index (χ0v) is 14.3. The van der Waals surface area contributed by atoms with E-state index in [1.165, 1.54) is 6.92 Å². The van der Waals surface area contributed by atoms with Gasteiger partial charge in [0.2, 0.25) is 11.8 Å². The van der Waals surface area contributed by atoms with Crippen LogP contribution in [0.2, 0.25) is 0 Å². The first-order valence-electron chi connectivity index (χ1n) is 8.84. The number of furan rings is 1. The number of nitrogens with zero attached hydrogens (tertiary/aromatic N) is 1. The summed E-state index contributed by atoms with van der Waals surface area (Å²) in [5, 5.41) is 3.15. The minimum absolute atomic E-state index is 0.0269. The van der Waals surface area contributed by atoms with Crippen molar-refractivity contribution in [1.82, 2.24) is 10.2 Å². The van der Waals surface area contributed by atoms with Crippen LogP contribution in [-0.2, 0) is 29.0 Å². The Labute approximate surface area is 147 Å². The lowest BCUT2D eigenvalue weighted by molar-refractivity contribution is -0.140. The molecule has 5 heteroatoms. The standard InChI is InChI=1S/C20H22N2O3/c1-13(23)22-12-15-6-3-2-5-14(15)11-18(22)20(24)21-17-7-4-8-19-16(17)9-10-25-19/h2-3,5-6,9-10,17-18H,4,7-8,11-12H2,1H3,(H,21,24)/t17-,18+/m0/s1. The highest BCUT2D eigenvalue weighted by molar-refractivity contribution is 5.88. The van der Waals surface area contributed by atoms with Crippen LogP contribution in [0.4, 0.5) is 0 Å². The van der Waals surface area contributed by atoms with E-state index in [2.05, 4.69) is 5.32 Å². The van der Waals surface area contributed by atoms with Gasteiger partial charge in [-0.05, 0) is 30.0 Å². The van der Waals surface area contributed by atoms with Gasteiger partial charge in [-0.1, -0.05) is 24.3 Å². The molecular weight excluding hydrogens is 316 g/mol. The Morgan fingerprint density at radius 2 is 2.00 bits per heavy atom. The molecule has 2 atom stereocenters. The van der Waals surface area contributed by atoms with Gasteiger partial charge < -0.3 is 14.6 Å². The number of carbonyl (C=O) groups excluding carboxylic acids is 2. The van der Waals surface area contributed by atoms with Gasteiger partial charge in [0.15, 0.2) is 0 Å². The molecular formula is C20H22N2O3. The van der Waals surface area contributed by atoms with E-state index in [0.717, 1.165) is 41.7 Å². The van der Waals surface area contributed by atoms with E-state index in [4.69, 9.17) is 4.42 Å². The molecule has 2 aliphatic rings. The van der Waals surface area contributed by atoms with E-state index in [1.54, 1.807) is 11.2 Å². The van der Waals surface area contributed by atoms with Crippen molar-refractivity contribution >= 4 is 11.8 Å². The summed E-state index contributed by atoms with van der Waals surface area (Å²) in [7, 11) is 0. The minimum Gasteiger partial charge on any atom is -0.469 e. The summed E-state index contributed by atoms with van der Waals surface area (Å²) >= 11 is 0. The molecule has 1 aromatic carbocycles. The van der Waals surface area contributed by atoms with Gasteiger partial charge in [-0.15, -0.1) is 0 Å². The molecule has 1 aliphatic carbocycles. The van der Waals surface area contributed by atoms with Crippen molar-refractivity contribution in [3.63, 3.8) is 0 Å². The maximum absolute atomic E-state index is 13.0. The number of rotatable bonds is 2. The summed E-state index contributed by atoms with van der Waals surface area (Å²) in [5.41, 5.74) is 3.34. The molecule has 1 N–H and O–H groups in total. The van der Waals surface area contributed by atoms with E-state index in [9.17, 15) is 9.59 Å². The van der Waals surface area contributed by atoms with Gasteiger partial charge >= 0.3 is 0 Å². The number of benzene rings is 1. The highest BCUT2D eigenvalue weighted by Crippen LogP contribution is 2.31. The number of carbonyl (C=O) groups is 2. The normalized spacial score (nSPS) is 22.0. The maximum Gasteiger partial charge on any atom is 0.243 e. The van der Waals surface area contributed by atoms with Gasteiger partial charge in [-0.3, -0.25) is 9.59 Å². The topological polar surface area (TPSA) is 62.6 Å². The summed E-state index contributed by atoms with van der Waals surface area (Å²) in [5.74, 6) is 0.819. The molecule has 5 nitrogen and oxygen atoms in total. The Kier molecular flexibility index (Phi) is 4.07. The Hall–Kier alpha value is -2.56. The Morgan fingerprint density at radius 3 is 2.80 bits per heavy atom. The SMILES string of the molecule is CC(=O)N1Cc2ccccc2C[C@@H]1C(=O)N[C@H]1CCCc2occc21. The van der Waals surface area contributed by atoms with Crippen LogP contribution in [0.1, 0.15) is 48.3 Å². The van der Waals surface area contributed by atoms with Crippen LogP contribution in [0.5, 0.6) is 0 Å². The van der Waals surface area contributed by atoms with E-state index in [0.29, 0.717) is 13.0 Å². The Morgan fingerprint density at radius 1 is 1.20 bits per heavy atom. The van der Waals surface area contributed by atoms with Crippen LogP contribution in [0.3, 0.4) is 0 Å². The highest BCUT2D eigenvalue weighted by Gasteiger charge is 2.35. The average Bonchev–Trinajstić information content (AvgIpc) is 3.10. The van der Waals surface area contributed by atoms with Gasteiger partial charge in [0, 0.05) is 31.9 Å². The quantitative estimate of drug-likeness (QED) is 0.916. The average molecular weight is 338 g/mol. The van der Waals surface area contributed by atoms with E-state index in [1.807, 2.05) is 30.3 Å². The first-order chi connectivity index (χ1) is 12.1. The molecule has 0 fully saturated rings. The largest absolute Gasteiger partial charge is 0.469 e. The van der Waals surface area contributed by atoms with Crippen LogP contribution in [0.25, 0.3) is 0 Å². The summed E-state index contributed by atoms with van der Waals surface area (Å²) in [6.45, 7) is 2.02. The fourth-order valence-electron chi connectivity index (χ4n) is 3.99. The second-order valence-electron chi connectivity index (χ2n) is 6.89. The molecule has 130 valence electrons. The lowest BCUT2D eigenvalue weighted by Crippen LogP contribution is -2.52. The molecule has 0 saturated heterocycles. The minimum atomic E-state index is -0.454. The van der Waals surface area contributed by atoms with Crippen molar-refractivity contribution in [3.8, 4) is 0 Å². The molecule has 4 rings (SSSR count). The number of aryl methyl sites for hydroxylation is 1. The van der Waals surface area contributed by atoms with E-state index < -0.39 is 6.04 Å². The second kappa shape index (κ2) is 6.39. The number of fused-ring (bicyclic) bond motifs is 2. The number of hydrogen-bond donors (Lipinski definition) is 1. The molecule has 0 bridgehead atoms. The molecule has 0 spiro atoms. The fraction of sp³-hybridized carbons (Fsp3) is 0.400. The Balaban J connectivity index is 1.56. The van der Waals surface area contributed by atoms with Crippen LogP contribution in [0, 0.1) is 0 Å². The predicted molar refractivity (Wildman–Crippen MR) is 92.7 cm³/mol. The molecule has 25 heavy (non-hydrogen) atoms. The van der Waals surface area contributed by atoms with E-state index >= 15 is 0 Å². The van der Waals surface area contributed by atoms with Crippen LogP contribution < -0.4 is 5.32 Å². The third-order valence-electron chi connectivity index (χ3n) is 5.32. The molecule has 0 saturated carbocycles. The molecule has 0 radical (unpaired) electrons. The smallest absolute Gasteiger partial charge is 0.243 e. The second-order valence-corrected chi connectivity index (χ2v) is 6.89. The van der Waals surface area contributed by atoms with Gasteiger partial charge in [0.25, 0.3) is 0 Å². The van der Waals surface area contributed by atoms with Crippen molar-refractivity contribution in [2.75, 3.05) is 0 Å². The van der Waals surface area contributed by atoms with Gasteiger partial charge in [0.05, 0.1) is 12.3 Å². The highest BCUT2D eigenvalue weighted by atomic mass is 16.3. The van der Waals surface area contributed by atoms with Crippen molar-refractivity contribution in [1.29, 1.82) is 0 Å². The molecule has 0 unspecified atom stereocenters. The number of nitrogens with one attached hydrogen (secondary N) is 1. The van der Waals surface area contributed by atoms with Crippen molar-refractivity contribution in [2.45, 2.75) is 51.2 Å². The zero-order chi connectivity index (χ0) is 17.4. The maximum atomic E-state index is 13.0. The lowest BCUT2D eigenvalue weighted by Gasteiger charge is -2.36. The van der Waals surface area contributed by atoms with Crippen LogP contribution in [-0.4, -0.2) is 22.8 Å². The first-order valence-corrected chi connectivity index (χ1v) is 8.84. The molecule has 2 heterocycles. The molecule has 1 aliphatic heterocycles. The predicted octanol–water partition coefficient (Wildman–Crippen LogP) is 2.75. The lowest BCUT2D eigenvalue weighted by atomic mass is 9.91. The zero-order valence-electron chi connectivity index (χ0n) is 14.3. The van der Waals surface area contributed by atoms with E-state index in [-0.39, 0.29) is 17.9 Å². The molecule has 2 amide bonds. The Bertz CT molecular complexity index is 811. The van der Waals surface area contributed by atoms with Gasteiger partial charge in [0.1, 0.15) is 11.8 Å². The van der Waals surface area contributed by atoms with Crippen molar-refractivity contribution in [3.05, 3.63) is 59.0 Å². The molecule has 2 aromatic rings. The monoisotopic (exact) mass is 338 g/mol. The summed E-state index contributed by atoms with van der Waals surface area (Å²) in [6.07, 6.45) is 5.07. The summed E-state index contributed by atoms with van der Waals surface area (Å²) in [6, 6.07) is 9.49.